The summed E-state index contributed by atoms with van der Waals surface area (Å²) in [5, 5.41) is 0.383. The van der Waals surface area contributed by atoms with Gasteiger partial charge in [-0.1, -0.05) is 93.0 Å². The van der Waals surface area contributed by atoms with Gasteiger partial charge >= 0.3 is 0 Å². The summed E-state index contributed by atoms with van der Waals surface area (Å²) in [6.07, 6.45) is 2.81. The van der Waals surface area contributed by atoms with Gasteiger partial charge in [-0.25, -0.2) is 8.42 Å². The molecule has 0 aromatic heterocycles. The molecule has 0 fully saturated rings. The molecule has 4 rings (SSSR count). The second kappa shape index (κ2) is 16.5. The predicted octanol–water partition coefficient (Wildman–Crippen LogP) is 6.67. The molecule has 0 unspecified atom stereocenters. The van der Waals surface area contributed by atoms with Gasteiger partial charge in [0.15, 0.2) is 11.5 Å². The van der Waals surface area contributed by atoms with Crippen LogP contribution >= 0.6 is 11.6 Å². The van der Waals surface area contributed by atoms with Gasteiger partial charge in [0.2, 0.25) is 10.0 Å². The Balaban J connectivity index is 1.36. The Morgan fingerprint density at radius 1 is 0.833 bits per heavy atom. The molecule has 0 aliphatic carbocycles. The third kappa shape index (κ3) is 10.4. The average Bonchev–Trinajstić information content (AvgIpc) is 3.06. The fourth-order valence-electron chi connectivity index (χ4n) is 4.59. The molecule has 0 aliphatic heterocycles. The number of amides is 2. The lowest BCUT2D eigenvalue weighted by atomic mass is 9.87. The monoisotopic (exact) mass is 689 g/mol. The Morgan fingerprint density at radius 3 is 2.17 bits per heavy atom. The lowest BCUT2D eigenvalue weighted by Crippen LogP contribution is -2.47. The minimum Gasteiger partial charge on any atom is -0.490 e. The highest BCUT2D eigenvalue weighted by Crippen LogP contribution is 2.30. The molecule has 4 aromatic rings. The molecule has 0 atom stereocenters. The van der Waals surface area contributed by atoms with Crippen molar-refractivity contribution in [1.82, 2.24) is 15.2 Å². The highest BCUT2D eigenvalue weighted by Gasteiger charge is 2.27. The maximum Gasteiger partial charge on any atom is 0.262 e. The zero-order valence-corrected chi connectivity index (χ0v) is 29.0. The Hall–Kier alpha value is -4.64. The van der Waals surface area contributed by atoms with E-state index in [1.54, 1.807) is 48.5 Å². The molecule has 2 N–H and O–H groups in total. The number of rotatable bonds is 13. The molecular formula is C37H40ClN3O6S. The van der Waals surface area contributed by atoms with Crippen LogP contribution in [0, 0.1) is 0 Å². The van der Waals surface area contributed by atoms with Gasteiger partial charge in [0.05, 0.1) is 18.0 Å². The minimum absolute atomic E-state index is 0.0137. The highest BCUT2D eigenvalue weighted by atomic mass is 35.5. The third-order valence-corrected chi connectivity index (χ3v) is 9.27. The number of nitrogens with one attached hydrogen (secondary N) is 2. The van der Waals surface area contributed by atoms with Gasteiger partial charge in [-0.3, -0.25) is 20.4 Å². The number of ether oxygens (including phenoxy) is 2. The summed E-state index contributed by atoms with van der Waals surface area (Å²) in [5.41, 5.74) is 8.29. The lowest BCUT2D eigenvalue weighted by Gasteiger charge is -2.22. The fraction of sp³-hybridized carbons (Fsp3) is 0.243. The fourth-order valence-corrected chi connectivity index (χ4v) is 6.10. The van der Waals surface area contributed by atoms with Crippen molar-refractivity contribution in [3.8, 4) is 11.5 Å². The third-order valence-electron chi connectivity index (χ3n) is 7.21. The van der Waals surface area contributed by atoms with E-state index in [0.29, 0.717) is 40.9 Å². The second-order valence-electron chi connectivity index (χ2n) is 12.0. The number of nitrogens with zero attached hydrogens (tertiary/aromatic N) is 1. The van der Waals surface area contributed by atoms with E-state index in [0.717, 1.165) is 9.87 Å². The number of carbonyl (C=O) groups is 2. The number of benzene rings is 4. The summed E-state index contributed by atoms with van der Waals surface area (Å²) in [6, 6.07) is 28.2. The largest absolute Gasteiger partial charge is 0.490 e. The van der Waals surface area contributed by atoms with E-state index in [1.807, 2.05) is 13.0 Å². The SMILES string of the molecule is CCOc1cc(C=CC(=O)NNC(=O)CN(Cc2ccccc2)S(=O)(=O)c2ccc(Cl)cc2)ccc1OCc1ccc(C(C)(C)C)cc1. The van der Waals surface area contributed by atoms with E-state index in [1.165, 1.54) is 35.9 Å². The summed E-state index contributed by atoms with van der Waals surface area (Å²) < 4.78 is 39.7. The first kappa shape index (κ1) is 36.2. The van der Waals surface area contributed by atoms with E-state index >= 15 is 0 Å². The number of hydrogen-bond acceptors (Lipinski definition) is 6. The molecule has 0 heterocycles. The lowest BCUT2D eigenvalue weighted by molar-refractivity contribution is -0.126. The number of halogens is 1. The molecule has 0 saturated carbocycles. The van der Waals surface area contributed by atoms with Gasteiger partial charge in [-0.2, -0.15) is 4.31 Å². The molecule has 0 spiro atoms. The first-order valence-corrected chi connectivity index (χ1v) is 17.2. The van der Waals surface area contributed by atoms with Gasteiger partial charge in [0.1, 0.15) is 6.61 Å². The number of hydrazine groups is 1. The quantitative estimate of drug-likeness (QED) is 0.120. The van der Waals surface area contributed by atoms with Crippen molar-refractivity contribution in [2.24, 2.45) is 0 Å². The van der Waals surface area contributed by atoms with E-state index in [9.17, 15) is 18.0 Å². The van der Waals surface area contributed by atoms with Crippen LogP contribution < -0.4 is 20.3 Å². The molecule has 11 heteroatoms. The predicted molar refractivity (Wildman–Crippen MR) is 188 cm³/mol. The topological polar surface area (TPSA) is 114 Å². The summed E-state index contributed by atoms with van der Waals surface area (Å²) in [7, 11) is -4.07. The first-order valence-electron chi connectivity index (χ1n) is 15.4. The molecular weight excluding hydrogens is 650 g/mol. The van der Waals surface area contributed by atoms with Crippen LogP contribution in [0.2, 0.25) is 5.02 Å². The minimum atomic E-state index is -4.07. The Bertz CT molecular complexity index is 1820. The maximum absolute atomic E-state index is 13.4. The Morgan fingerprint density at radius 2 is 1.52 bits per heavy atom. The summed E-state index contributed by atoms with van der Waals surface area (Å²) in [6.45, 7) is 8.57. The maximum atomic E-state index is 13.4. The van der Waals surface area contributed by atoms with Gasteiger partial charge in [-0.05, 0) is 77.1 Å². The Kier molecular flexibility index (Phi) is 12.4. The number of carbonyl (C=O) groups excluding carboxylic acids is 2. The van der Waals surface area contributed by atoms with Crippen molar-refractivity contribution < 1.29 is 27.5 Å². The van der Waals surface area contributed by atoms with Gasteiger partial charge in [-0.15, -0.1) is 0 Å². The molecule has 0 saturated heterocycles. The molecule has 4 aromatic carbocycles. The second-order valence-corrected chi connectivity index (χ2v) is 14.3. The van der Waals surface area contributed by atoms with Crippen LogP contribution in [0.5, 0.6) is 11.5 Å². The van der Waals surface area contributed by atoms with E-state index in [2.05, 4.69) is 55.9 Å². The van der Waals surface area contributed by atoms with Crippen LogP contribution in [-0.4, -0.2) is 37.7 Å². The van der Waals surface area contributed by atoms with Crippen molar-refractivity contribution in [3.63, 3.8) is 0 Å². The number of hydrogen-bond donors (Lipinski definition) is 2. The summed E-state index contributed by atoms with van der Waals surface area (Å²) in [5.74, 6) is -0.242. The first-order chi connectivity index (χ1) is 22.8. The van der Waals surface area contributed by atoms with Crippen LogP contribution in [0.25, 0.3) is 6.08 Å². The molecule has 252 valence electrons. The van der Waals surface area contributed by atoms with E-state index < -0.39 is 28.4 Å². The van der Waals surface area contributed by atoms with Crippen molar-refractivity contribution in [3.05, 3.63) is 130 Å². The van der Waals surface area contributed by atoms with Crippen molar-refractivity contribution in [2.45, 2.75) is 51.2 Å². The van der Waals surface area contributed by atoms with Crippen LogP contribution in [0.1, 0.15) is 49.9 Å². The van der Waals surface area contributed by atoms with Crippen molar-refractivity contribution in [1.29, 1.82) is 0 Å². The van der Waals surface area contributed by atoms with Crippen LogP contribution in [-0.2, 0) is 38.2 Å². The molecule has 48 heavy (non-hydrogen) atoms. The molecule has 0 radical (unpaired) electrons. The highest BCUT2D eigenvalue weighted by molar-refractivity contribution is 7.89. The van der Waals surface area contributed by atoms with Gasteiger partial charge in [0, 0.05) is 17.6 Å². The van der Waals surface area contributed by atoms with E-state index in [4.69, 9.17) is 21.1 Å². The average molecular weight is 690 g/mol. The van der Waals surface area contributed by atoms with Crippen LogP contribution in [0.15, 0.2) is 108 Å². The standard InChI is InChI=1S/C37H40ClN3O6S/c1-5-46-34-23-27(13-21-33(34)47-26-29-11-15-30(16-12-29)37(2,3)4)14-22-35(42)39-40-36(43)25-41(24-28-9-7-6-8-10-28)48(44,45)32-19-17-31(38)18-20-32/h6-23H,5,24-26H2,1-4H3,(H,39,42)(H,40,43). The van der Waals surface area contributed by atoms with Gasteiger partial charge < -0.3 is 9.47 Å². The molecule has 0 aliphatic rings. The molecule has 2 amide bonds. The molecule has 0 bridgehead atoms. The normalized spacial score (nSPS) is 11.8. The zero-order valence-electron chi connectivity index (χ0n) is 27.4. The summed E-state index contributed by atoms with van der Waals surface area (Å²) in [4.78, 5) is 25.4. The van der Waals surface area contributed by atoms with Crippen LogP contribution in [0.4, 0.5) is 0 Å². The van der Waals surface area contributed by atoms with E-state index in [-0.39, 0.29) is 16.9 Å². The number of sulfonamides is 1. The van der Waals surface area contributed by atoms with Crippen molar-refractivity contribution >= 4 is 39.5 Å². The van der Waals surface area contributed by atoms with Crippen LogP contribution in [0.3, 0.4) is 0 Å². The molecule has 9 nitrogen and oxygen atoms in total. The summed E-state index contributed by atoms with van der Waals surface area (Å²) >= 11 is 5.94. The smallest absolute Gasteiger partial charge is 0.262 e. The Labute approximate surface area is 287 Å². The van der Waals surface area contributed by atoms with Crippen molar-refractivity contribution in [2.75, 3.05) is 13.2 Å². The zero-order chi connectivity index (χ0) is 34.7. The van der Waals surface area contributed by atoms with Gasteiger partial charge in [0.25, 0.3) is 11.8 Å².